The Morgan fingerprint density at radius 3 is 2.62 bits per heavy atom. The number of hydrogen-bond donors (Lipinski definition) is 1. The van der Waals surface area contributed by atoms with Gasteiger partial charge in [-0.15, -0.1) is 0 Å². The highest BCUT2D eigenvalue weighted by molar-refractivity contribution is 5.90. The quantitative estimate of drug-likeness (QED) is 0.635. The molecule has 0 saturated carbocycles. The van der Waals surface area contributed by atoms with Crippen molar-refractivity contribution in [1.82, 2.24) is 0 Å². The SMILES string of the molecule is Cc1c(N)cc(C(=O)OCC(C)C)cc1F. The van der Waals surface area contributed by atoms with E-state index in [4.69, 9.17) is 10.5 Å². The molecule has 1 rings (SSSR count). The van der Waals surface area contributed by atoms with E-state index in [0.29, 0.717) is 12.2 Å². The Hall–Kier alpha value is -1.58. The second-order valence-electron chi connectivity index (χ2n) is 4.16. The fourth-order valence-corrected chi connectivity index (χ4v) is 1.14. The molecule has 0 aliphatic rings. The molecular formula is C12H16FNO2. The average molecular weight is 225 g/mol. The first kappa shape index (κ1) is 12.5. The normalized spacial score (nSPS) is 10.6. The maximum absolute atomic E-state index is 13.3. The number of nitrogen functional groups attached to an aromatic ring is 1. The van der Waals surface area contributed by atoms with E-state index in [-0.39, 0.29) is 17.2 Å². The molecule has 0 radical (unpaired) electrons. The van der Waals surface area contributed by atoms with Crippen LogP contribution in [-0.2, 0) is 4.74 Å². The molecule has 0 spiro atoms. The minimum atomic E-state index is -0.542. The monoisotopic (exact) mass is 225 g/mol. The van der Waals surface area contributed by atoms with Gasteiger partial charge < -0.3 is 10.5 Å². The Kier molecular flexibility index (Phi) is 3.88. The Morgan fingerprint density at radius 2 is 2.12 bits per heavy atom. The lowest BCUT2D eigenvalue weighted by molar-refractivity contribution is 0.0458. The summed E-state index contributed by atoms with van der Waals surface area (Å²) in [6.07, 6.45) is 0. The summed E-state index contributed by atoms with van der Waals surface area (Å²) < 4.78 is 18.3. The van der Waals surface area contributed by atoms with Crippen LogP contribution in [-0.4, -0.2) is 12.6 Å². The van der Waals surface area contributed by atoms with Crippen LogP contribution in [0.5, 0.6) is 0 Å². The molecule has 0 unspecified atom stereocenters. The fourth-order valence-electron chi connectivity index (χ4n) is 1.14. The van der Waals surface area contributed by atoms with E-state index in [1.807, 2.05) is 13.8 Å². The van der Waals surface area contributed by atoms with Crippen molar-refractivity contribution in [3.05, 3.63) is 29.1 Å². The molecule has 0 heterocycles. The molecule has 2 N–H and O–H groups in total. The van der Waals surface area contributed by atoms with Crippen LogP contribution < -0.4 is 5.73 Å². The van der Waals surface area contributed by atoms with Gasteiger partial charge in [0.2, 0.25) is 0 Å². The van der Waals surface area contributed by atoms with Crippen molar-refractivity contribution < 1.29 is 13.9 Å². The predicted molar refractivity (Wildman–Crippen MR) is 60.7 cm³/mol. The van der Waals surface area contributed by atoms with Gasteiger partial charge in [0.15, 0.2) is 0 Å². The van der Waals surface area contributed by atoms with E-state index in [1.54, 1.807) is 6.92 Å². The molecule has 3 nitrogen and oxygen atoms in total. The van der Waals surface area contributed by atoms with E-state index in [2.05, 4.69) is 0 Å². The van der Waals surface area contributed by atoms with Crippen LogP contribution in [0.15, 0.2) is 12.1 Å². The zero-order valence-corrected chi connectivity index (χ0v) is 9.71. The molecule has 88 valence electrons. The van der Waals surface area contributed by atoms with Crippen molar-refractivity contribution in [2.45, 2.75) is 20.8 Å². The number of carbonyl (C=O) groups excluding carboxylic acids is 1. The number of esters is 1. The maximum Gasteiger partial charge on any atom is 0.338 e. The molecule has 0 saturated heterocycles. The Morgan fingerprint density at radius 1 is 1.50 bits per heavy atom. The molecule has 0 fully saturated rings. The van der Waals surface area contributed by atoms with Crippen molar-refractivity contribution in [2.75, 3.05) is 12.3 Å². The molecule has 16 heavy (non-hydrogen) atoms. The number of carbonyl (C=O) groups is 1. The predicted octanol–water partition coefficient (Wildman–Crippen LogP) is 2.53. The minimum absolute atomic E-state index is 0.154. The van der Waals surface area contributed by atoms with Crippen molar-refractivity contribution in [2.24, 2.45) is 5.92 Å². The van der Waals surface area contributed by atoms with Crippen LogP contribution in [0.2, 0.25) is 0 Å². The first-order valence-corrected chi connectivity index (χ1v) is 5.14. The number of hydrogen-bond acceptors (Lipinski definition) is 3. The van der Waals surface area contributed by atoms with Gasteiger partial charge in [-0.1, -0.05) is 13.8 Å². The van der Waals surface area contributed by atoms with Gasteiger partial charge in [0, 0.05) is 11.3 Å². The van der Waals surface area contributed by atoms with E-state index in [0.717, 1.165) is 6.07 Å². The molecule has 0 aliphatic carbocycles. The third-order valence-electron chi connectivity index (χ3n) is 2.17. The summed E-state index contributed by atoms with van der Waals surface area (Å²) in [5.74, 6) is -0.785. The first-order chi connectivity index (χ1) is 7.41. The van der Waals surface area contributed by atoms with E-state index < -0.39 is 11.8 Å². The summed E-state index contributed by atoms with van der Waals surface area (Å²) in [5, 5.41) is 0. The van der Waals surface area contributed by atoms with Crippen LogP contribution in [0.4, 0.5) is 10.1 Å². The first-order valence-electron chi connectivity index (χ1n) is 5.14. The largest absolute Gasteiger partial charge is 0.462 e. The third-order valence-corrected chi connectivity index (χ3v) is 2.17. The van der Waals surface area contributed by atoms with Crippen LogP contribution in [0.3, 0.4) is 0 Å². The van der Waals surface area contributed by atoms with Crippen LogP contribution in [0, 0.1) is 18.7 Å². The van der Waals surface area contributed by atoms with Crippen molar-refractivity contribution in [3.63, 3.8) is 0 Å². The molecule has 0 bridgehead atoms. The van der Waals surface area contributed by atoms with Crippen molar-refractivity contribution in [3.8, 4) is 0 Å². The van der Waals surface area contributed by atoms with Gasteiger partial charge in [-0.05, 0) is 25.0 Å². The van der Waals surface area contributed by atoms with Gasteiger partial charge in [0.1, 0.15) is 5.82 Å². The van der Waals surface area contributed by atoms with E-state index >= 15 is 0 Å². The van der Waals surface area contributed by atoms with Crippen molar-refractivity contribution >= 4 is 11.7 Å². The summed E-state index contributed by atoms with van der Waals surface area (Å²) >= 11 is 0. The van der Waals surface area contributed by atoms with Gasteiger partial charge in [-0.3, -0.25) is 0 Å². The van der Waals surface area contributed by atoms with Gasteiger partial charge in [-0.25, -0.2) is 9.18 Å². The molecule has 1 aromatic rings. The van der Waals surface area contributed by atoms with Crippen LogP contribution in [0.1, 0.15) is 29.8 Å². The molecule has 1 aromatic carbocycles. The highest BCUT2D eigenvalue weighted by Crippen LogP contribution is 2.18. The third kappa shape index (κ3) is 2.95. The van der Waals surface area contributed by atoms with Crippen LogP contribution >= 0.6 is 0 Å². The number of benzene rings is 1. The number of anilines is 1. The highest BCUT2D eigenvalue weighted by atomic mass is 19.1. The number of ether oxygens (including phenoxy) is 1. The summed E-state index contributed by atoms with van der Waals surface area (Å²) in [7, 11) is 0. The second kappa shape index (κ2) is 4.96. The van der Waals surface area contributed by atoms with Gasteiger partial charge in [0.05, 0.1) is 12.2 Å². The highest BCUT2D eigenvalue weighted by Gasteiger charge is 2.12. The standard InChI is InChI=1S/C12H16FNO2/c1-7(2)6-16-12(15)9-4-10(13)8(3)11(14)5-9/h4-5,7H,6,14H2,1-3H3. The maximum atomic E-state index is 13.3. The number of nitrogens with two attached hydrogens (primary N) is 1. The second-order valence-corrected chi connectivity index (χ2v) is 4.16. The topological polar surface area (TPSA) is 52.3 Å². The molecule has 0 aromatic heterocycles. The lowest BCUT2D eigenvalue weighted by Gasteiger charge is -2.09. The lowest BCUT2D eigenvalue weighted by atomic mass is 10.1. The summed E-state index contributed by atoms with van der Waals surface area (Å²) in [5.41, 5.74) is 6.33. The minimum Gasteiger partial charge on any atom is -0.462 e. The van der Waals surface area contributed by atoms with E-state index in [1.165, 1.54) is 6.07 Å². The molecule has 4 heteroatoms. The zero-order chi connectivity index (χ0) is 12.3. The molecular weight excluding hydrogens is 209 g/mol. The van der Waals surface area contributed by atoms with E-state index in [9.17, 15) is 9.18 Å². The Bertz CT molecular complexity index is 379. The molecule has 0 atom stereocenters. The lowest BCUT2D eigenvalue weighted by Crippen LogP contribution is -2.11. The zero-order valence-electron chi connectivity index (χ0n) is 9.71. The smallest absolute Gasteiger partial charge is 0.338 e. The van der Waals surface area contributed by atoms with Gasteiger partial charge in [-0.2, -0.15) is 0 Å². The summed E-state index contributed by atoms with van der Waals surface area (Å²) in [6, 6.07) is 2.58. The molecule has 0 aliphatic heterocycles. The fraction of sp³-hybridized carbons (Fsp3) is 0.417. The summed E-state index contributed by atoms with van der Waals surface area (Å²) in [6.45, 7) is 5.73. The van der Waals surface area contributed by atoms with Gasteiger partial charge in [0.25, 0.3) is 0 Å². The van der Waals surface area contributed by atoms with Crippen molar-refractivity contribution in [1.29, 1.82) is 0 Å². The summed E-state index contributed by atoms with van der Waals surface area (Å²) in [4.78, 5) is 11.5. The Balaban J connectivity index is 2.84. The Labute approximate surface area is 94.4 Å². The van der Waals surface area contributed by atoms with Gasteiger partial charge >= 0.3 is 5.97 Å². The molecule has 0 amide bonds. The number of halogens is 1. The van der Waals surface area contributed by atoms with Crippen LogP contribution in [0.25, 0.3) is 0 Å². The average Bonchev–Trinajstić information content (AvgIpc) is 2.21. The number of rotatable bonds is 3.